The molecule has 2 amide bonds. The van der Waals surface area contributed by atoms with Crippen molar-refractivity contribution >= 4 is 11.8 Å². The Bertz CT molecular complexity index is 643. The average molecular weight is 535 g/mol. The standard InChI is InChI=1S/C22H37N3O2.2BrH/c1-6-24(2,3)16-10-7-11-17-25(4,5)18-12-15-23-21(26)19-13-8-9-14-20(19)22(23)27;;/h8-9,13-14H,6-7,10-12,15-18H2,1-5H3;2*1H/q+2;;/p-2. The smallest absolute Gasteiger partial charge is 0.261 e. The van der Waals surface area contributed by atoms with E-state index >= 15 is 0 Å². The zero-order chi connectivity index (χ0) is 20.1. The van der Waals surface area contributed by atoms with Gasteiger partial charge in [0.2, 0.25) is 0 Å². The van der Waals surface area contributed by atoms with Gasteiger partial charge in [-0.25, -0.2) is 0 Å². The van der Waals surface area contributed by atoms with Gasteiger partial charge >= 0.3 is 0 Å². The van der Waals surface area contributed by atoms with Crippen molar-refractivity contribution in [1.29, 1.82) is 0 Å². The molecule has 0 N–H and O–H groups in total. The van der Waals surface area contributed by atoms with E-state index < -0.39 is 0 Å². The second-order valence-corrected chi connectivity index (χ2v) is 9.08. The molecule has 0 saturated heterocycles. The van der Waals surface area contributed by atoms with Crippen LogP contribution in [-0.2, 0) is 0 Å². The first-order valence-electron chi connectivity index (χ1n) is 10.3. The van der Waals surface area contributed by atoms with Crippen LogP contribution in [0.3, 0.4) is 0 Å². The van der Waals surface area contributed by atoms with Crippen molar-refractivity contribution in [3.05, 3.63) is 35.4 Å². The number of imide groups is 1. The molecule has 0 spiro atoms. The fraction of sp³-hybridized carbons (Fsp3) is 0.636. The maximum Gasteiger partial charge on any atom is 0.261 e. The van der Waals surface area contributed by atoms with E-state index in [-0.39, 0.29) is 45.8 Å². The third-order valence-electron chi connectivity index (χ3n) is 5.91. The first-order chi connectivity index (χ1) is 12.7. The molecular weight excluding hydrogens is 498 g/mol. The van der Waals surface area contributed by atoms with Crippen molar-refractivity contribution in [1.82, 2.24) is 4.90 Å². The number of carbonyl (C=O) groups is 2. The minimum absolute atomic E-state index is 0. The molecule has 0 bridgehead atoms. The molecule has 1 aromatic rings. The Balaban J connectivity index is 0.00000392. The zero-order valence-electron chi connectivity index (χ0n) is 18.6. The van der Waals surface area contributed by atoms with Gasteiger partial charge in [0.1, 0.15) is 0 Å². The van der Waals surface area contributed by atoms with Crippen LogP contribution in [0, 0.1) is 0 Å². The molecule has 29 heavy (non-hydrogen) atoms. The lowest BCUT2D eigenvalue weighted by Gasteiger charge is -2.31. The van der Waals surface area contributed by atoms with Crippen molar-refractivity contribution in [2.75, 3.05) is 60.9 Å². The van der Waals surface area contributed by atoms with Gasteiger partial charge in [0.25, 0.3) is 11.8 Å². The molecular formula is C22H37Br2N3O2. The molecule has 1 heterocycles. The molecule has 0 radical (unpaired) electrons. The van der Waals surface area contributed by atoms with E-state index in [0.29, 0.717) is 17.7 Å². The molecule has 0 unspecified atom stereocenters. The third kappa shape index (κ3) is 8.12. The number of rotatable bonds is 11. The highest BCUT2D eigenvalue weighted by molar-refractivity contribution is 6.21. The number of quaternary nitrogens is 2. The predicted molar refractivity (Wildman–Crippen MR) is 110 cm³/mol. The van der Waals surface area contributed by atoms with Gasteiger partial charge in [-0.15, -0.1) is 0 Å². The second kappa shape index (κ2) is 12.2. The summed E-state index contributed by atoms with van der Waals surface area (Å²) >= 11 is 0. The molecule has 0 saturated carbocycles. The summed E-state index contributed by atoms with van der Waals surface area (Å²) in [4.78, 5) is 26.2. The van der Waals surface area contributed by atoms with Gasteiger partial charge in [-0.3, -0.25) is 14.5 Å². The first kappa shape index (κ1) is 28.2. The van der Waals surface area contributed by atoms with Gasteiger partial charge in [-0.05, 0) is 38.3 Å². The molecule has 0 atom stereocenters. The molecule has 1 aliphatic heterocycles. The molecule has 1 aliphatic rings. The summed E-state index contributed by atoms with van der Waals surface area (Å²) in [5.74, 6) is -0.282. The fourth-order valence-electron chi connectivity index (χ4n) is 3.63. The summed E-state index contributed by atoms with van der Waals surface area (Å²) in [6.45, 7) is 7.29. The van der Waals surface area contributed by atoms with Gasteiger partial charge < -0.3 is 42.9 Å². The van der Waals surface area contributed by atoms with Crippen LogP contribution < -0.4 is 34.0 Å². The van der Waals surface area contributed by atoms with Crippen LogP contribution in [0.25, 0.3) is 0 Å². The van der Waals surface area contributed by atoms with E-state index in [0.717, 1.165) is 28.5 Å². The Hall–Kier alpha value is -0.760. The summed E-state index contributed by atoms with van der Waals surface area (Å²) in [5, 5.41) is 0. The van der Waals surface area contributed by atoms with Gasteiger partial charge in [0, 0.05) is 13.0 Å². The van der Waals surface area contributed by atoms with Crippen molar-refractivity contribution in [2.24, 2.45) is 0 Å². The second-order valence-electron chi connectivity index (χ2n) is 9.08. The Kier molecular flexibility index (Phi) is 11.9. The van der Waals surface area contributed by atoms with Crippen molar-refractivity contribution in [2.45, 2.75) is 32.6 Å². The zero-order valence-corrected chi connectivity index (χ0v) is 21.8. The minimum Gasteiger partial charge on any atom is -1.00 e. The number of amides is 2. The Morgan fingerprint density at radius 3 is 1.66 bits per heavy atom. The van der Waals surface area contributed by atoms with Gasteiger partial charge in [0.05, 0.1) is 65.5 Å². The number of carbonyl (C=O) groups excluding carboxylic acids is 2. The summed E-state index contributed by atoms with van der Waals surface area (Å²) < 4.78 is 2.04. The van der Waals surface area contributed by atoms with Crippen LogP contribution in [0.4, 0.5) is 0 Å². The highest BCUT2D eigenvalue weighted by Gasteiger charge is 2.34. The number of hydrogen-bond acceptors (Lipinski definition) is 2. The van der Waals surface area contributed by atoms with Crippen molar-refractivity contribution in [3.63, 3.8) is 0 Å². The van der Waals surface area contributed by atoms with E-state index in [2.05, 4.69) is 35.1 Å². The van der Waals surface area contributed by atoms with Gasteiger partial charge in [0.15, 0.2) is 0 Å². The quantitative estimate of drug-likeness (QED) is 0.173. The lowest BCUT2D eigenvalue weighted by atomic mass is 10.1. The molecule has 166 valence electrons. The maximum atomic E-state index is 12.4. The van der Waals surface area contributed by atoms with Crippen molar-refractivity contribution < 1.29 is 52.5 Å². The van der Waals surface area contributed by atoms with Crippen LogP contribution in [0.2, 0.25) is 0 Å². The van der Waals surface area contributed by atoms with E-state index in [4.69, 9.17) is 0 Å². The van der Waals surface area contributed by atoms with Crippen LogP contribution in [0.1, 0.15) is 53.3 Å². The third-order valence-corrected chi connectivity index (χ3v) is 5.91. The highest BCUT2D eigenvalue weighted by atomic mass is 79.9. The lowest BCUT2D eigenvalue weighted by Crippen LogP contribution is -3.00. The number of fused-ring (bicyclic) bond motifs is 1. The monoisotopic (exact) mass is 533 g/mol. The van der Waals surface area contributed by atoms with E-state index in [1.807, 2.05) is 12.1 Å². The molecule has 5 nitrogen and oxygen atoms in total. The van der Waals surface area contributed by atoms with Crippen LogP contribution >= 0.6 is 0 Å². The topological polar surface area (TPSA) is 37.4 Å². The van der Waals surface area contributed by atoms with Crippen LogP contribution in [-0.4, -0.2) is 86.6 Å². The van der Waals surface area contributed by atoms with Crippen LogP contribution in [0.15, 0.2) is 24.3 Å². The van der Waals surface area contributed by atoms with Gasteiger partial charge in [-0.2, -0.15) is 0 Å². The molecule has 0 aromatic heterocycles. The van der Waals surface area contributed by atoms with Gasteiger partial charge in [-0.1, -0.05) is 12.1 Å². The van der Waals surface area contributed by atoms with Crippen LogP contribution in [0.5, 0.6) is 0 Å². The summed E-state index contributed by atoms with van der Waals surface area (Å²) in [6, 6.07) is 7.12. The van der Waals surface area contributed by atoms with E-state index in [9.17, 15) is 9.59 Å². The predicted octanol–water partition coefficient (Wildman–Crippen LogP) is -2.98. The van der Waals surface area contributed by atoms with E-state index in [1.54, 1.807) is 12.1 Å². The Morgan fingerprint density at radius 2 is 1.17 bits per heavy atom. The highest BCUT2D eigenvalue weighted by Crippen LogP contribution is 2.22. The number of halogens is 2. The number of benzene rings is 1. The largest absolute Gasteiger partial charge is 1.00 e. The SMILES string of the molecule is CC[N+](C)(C)CCCCC[N+](C)(C)CCCN1C(=O)c2ccccc2C1=O.[Br-].[Br-]. The maximum absolute atomic E-state index is 12.4. The average Bonchev–Trinajstić information content (AvgIpc) is 2.86. The fourth-order valence-corrected chi connectivity index (χ4v) is 3.63. The normalized spacial score (nSPS) is 13.8. The lowest BCUT2D eigenvalue weighted by molar-refractivity contribution is -0.892. The van der Waals surface area contributed by atoms with E-state index in [1.165, 1.54) is 37.3 Å². The Labute approximate surface area is 197 Å². The number of hydrogen-bond donors (Lipinski definition) is 0. The molecule has 0 aliphatic carbocycles. The molecule has 0 fully saturated rings. The minimum atomic E-state index is -0.141. The molecule has 1 aromatic carbocycles. The number of unbranched alkanes of at least 4 members (excludes halogenated alkanes) is 2. The summed E-state index contributed by atoms with van der Waals surface area (Å²) in [6.07, 6.45) is 4.61. The molecule has 2 rings (SSSR count). The molecule has 7 heteroatoms. The number of nitrogens with zero attached hydrogens (tertiary/aromatic N) is 3. The van der Waals surface area contributed by atoms with Crippen molar-refractivity contribution in [3.8, 4) is 0 Å². The Morgan fingerprint density at radius 1 is 0.724 bits per heavy atom. The summed E-state index contributed by atoms with van der Waals surface area (Å²) in [5.41, 5.74) is 1.09. The summed E-state index contributed by atoms with van der Waals surface area (Å²) in [7, 11) is 9.07. The first-order valence-corrected chi connectivity index (χ1v) is 10.3.